The summed E-state index contributed by atoms with van der Waals surface area (Å²) in [4.78, 5) is 16.7. The normalized spacial score (nSPS) is 15.0. The molecule has 0 unspecified atom stereocenters. The zero-order valence-corrected chi connectivity index (χ0v) is 12.0. The van der Waals surface area contributed by atoms with E-state index >= 15 is 0 Å². The third kappa shape index (κ3) is 4.10. The Kier molecular flexibility index (Phi) is 4.72. The smallest absolute Gasteiger partial charge is 0.325 e. The molecule has 1 aromatic heterocycles. The minimum absolute atomic E-state index is 0.00854. The van der Waals surface area contributed by atoms with E-state index in [2.05, 4.69) is 4.98 Å². The van der Waals surface area contributed by atoms with Gasteiger partial charge in [-0.2, -0.15) is 13.2 Å². The number of pyridine rings is 1. The molecule has 0 amide bonds. The molecule has 112 valence electrons. The Morgan fingerprint density at radius 2 is 2.19 bits per heavy atom. The maximum absolute atomic E-state index is 12.5. The predicted molar refractivity (Wildman–Crippen MR) is 76.9 cm³/mol. The van der Waals surface area contributed by atoms with Crippen LogP contribution in [0, 0.1) is 0 Å². The molecule has 2 rings (SSSR count). The summed E-state index contributed by atoms with van der Waals surface area (Å²) in [6.45, 7) is 1.99. The van der Waals surface area contributed by atoms with Gasteiger partial charge in [-0.05, 0) is 18.2 Å². The Labute approximate surface area is 124 Å². The number of nitrogens with zero attached hydrogens (tertiary/aromatic N) is 2. The van der Waals surface area contributed by atoms with Crippen LogP contribution in [-0.2, 0) is 11.0 Å². The Balaban J connectivity index is 2.18. The number of aromatic nitrogens is 1. The molecular formula is C14H13F3N2OS. The fourth-order valence-corrected chi connectivity index (χ4v) is 2.41. The summed E-state index contributed by atoms with van der Waals surface area (Å²) >= 11 is 1.15. The van der Waals surface area contributed by atoms with Crippen LogP contribution in [0.5, 0.6) is 0 Å². The highest BCUT2D eigenvalue weighted by Crippen LogP contribution is 2.30. The van der Waals surface area contributed by atoms with E-state index in [0.717, 1.165) is 29.7 Å². The monoisotopic (exact) mass is 314 g/mol. The number of carbonyl (C=O) groups is 1. The third-order valence-electron chi connectivity index (χ3n) is 2.83. The molecule has 21 heavy (non-hydrogen) atoms. The van der Waals surface area contributed by atoms with E-state index in [1.807, 2.05) is 18.2 Å². The Hall–Kier alpha value is -1.76. The van der Waals surface area contributed by atoms with Crippen molar-refractivity contribution in [3.63, 3.8) is 0 Å². The van der Waals surface area contributed by atoms with Crippen LogP contribution in [0.4, 0.5) is 19.0 Å². The first-order chi connectivity index (χ1) is 9.88. The number of hydrogen-bond acceptors (Lipinski definition) is 4. The van der Waals surface area contributed by atoms with Gasteiger partial charge in [0.2, 0.25) is 0 Å². The fraction of sp³-hybridized carbons (Fsp3) is 0.286. The summed E-state index contributed by atoms with van der Waals surface area (Å²) in [6.07, 6.45) is 2.00. The third-order valence-corrected chi connectivity index (χ3v) is 3.68. The number of allylic oxidation sites excluding steroid dienone is 2. The molecule has 0 fully saturated rings. The summed E-state index contributed by atoms with van der Waals surface area (Å²) in [6, 6.07) is 2.35. The fourth-order valence-electron chi connectivity index (χ4n) is 1.81. The van der Waals surface area contributed by atoms with E-state index in [-0.39, 0.29) is 5.12 Å². The molecule has 0 saturated heterocycles. The highest BCUT2D eigenvalue weighted by atomic mass is 32.2. The van der Waals surface area contributed by atoms with Crippen molar-refractivity contribution < 1.29 is 18.0 Å². The number of rotatable bonds is 3. The number of alkyl halides is 3. The van der Waals surface area contributed by atoms with Crippen molar-refractivity contribution in [1.82, 2.24) is 4.98 Å². The lowest BCUT2D eigenvalue weighted by Crippen LogP contribution is -2.27. The van der Waals surface area contributed by atoms with E-state index < -0.39 is 11.7 Å². The van der Waals surface area contributed by atoms with Gasteiger partial charge in [0.1, 0.15) is 5.82 Å². The molecule has 0 N–H and O–H groups in total. The van der Waals surface area contributed by atoms with Crippen molar-refractivity contribution >= 4 is 22.7 Å². The van der Waals surface area contributed by atoms with Gasteiger partial charge < -0.3 is 4.90 Å². The van der Waals surface area contributed by atoms with Crippen LogP contribution >= 0.6 is 11.8 Å². The quantitative estimate of drug-likeness (QED) is 0.853. The molecule has 0 aromatic carbocycles. The maximum atomic E-state index is 12.5. The van der Waals surface area contributed by atoms with Gasteiger partial charge in [0.25, 0.3) is 0 Å². The second-order valence-corrected chi connectivity index (χ2v) is 5.53. The number of carbonyl (C=O) groups excluding carboxylic acids is 1. The first kappa shape index (κ1) is 15.6. The SMILES string of the molecule is CC(=O)SCC1=CC=CCN1c1ccc(C(F)(F)F)cn1. The Morgan fingerprint density at radius 3 is 2.76 bits per heavy atom. The zero-order chi connectivity index (χ0) is 15.5. The van der Waals surface area contributed by atoms with Crippen molar-refractivity contribution in [2.24, 2.45) is 0 Å². The van der Waals surface area contributed by atoms with Crippen molar-refractivity contribution in [3.05, 3.63) is 47.8 Å². The van der Waals surface area contributed by atoms with Crippen LogP contribution in [0.15, 0.2) is 42.3 Å². The predicted octanol–water partition coefficient (Wildman–Crippen LogP) is 3.64. The van der Waals surface area contributed by atoms with E-state index in [1.54, 1.807) is 4.90 Å². The minimum Gasteiger partial charge on any atom is -0.325 e. The van der Waals surface area contributed by atoms with Gasteiger partial charge in [-0.25, -0.2) is 4.98 Å². The van der Waals surface area contributed by atoms with Gasteiger partial charge in [0.05, 0.1) is 5.56 Å². The van der Waals surface area contributed by atoms with Crippen LogP contribution in [0.1, 0.15) is 12.5 Å². The zero-order valence-electron chi connectivity index (χ0n) is 11.2. The van der Waals surface area contributed by atoms with Crippen LogP contribution in [0.3, 0.4) is 0 Å². The van der Waals surface area contributed by atoms with E-state index in [1.165, 1.54) is 13.0 Å². The van der Waals surface area contributed by atoms with E-state index in [9.17, 15) is 18.0 Å². The number of hydrogen-bond donors (Lipinski definition) is 0. The van der Waals surface area contributed by atoms with Gasteiger partial charge >= 0.3 is 6.18 Å². The maximum Gasteiger partial charge on any atom is 0.417 e. The summed E-state index contributed by atoms with van der Waals surface area (Å²) in [5, 5.41) is -0.00854. The summed E-state index contributed by atoms with van der Waals surface area (Å²) in [7, 11) is 0. The molecule has 0 saturated carbocycles. The molecule has 7 heteroatoms. The Morgan fingerprint density at radius 1 is 1.43 bits per heavy atom. The molecule has 0 bridgehead atoms. The first-order valence-electron chi connectivity index (χ1n) is 6.18. The number of anilines is 1. The molecule has 0 aliphatic carbocycles. The highest BCUT2D eigenvalue weighted by molar-refractivity contribution is 8.13. The molecule has 2 heterocycles. The topological polar surface area (TPSA) is 33.2 Å². The van der Waals surface area contributed by atoms with Gasteiger partial charge in [-0.1, -0.05) is 23.9 Å². The lowest BCUT2D eigenvalue weighted by Gasteiger charge is -2.27. The first-order valence-corrected chi connectivity index (χ1v) is 7.16. The molecule has 0 spiro atoms. The average molecular weight is 314 g/mol. The van der Waals surface area contributed by atoms with Crippen LogP contribution in [0.25, 0.3) is 0 Å². The lowest BCUT2D eigenvalue weighted by molar-refractivity contribution is -0.137. The van der Waals surface area contributed by atoms with Crippen molar-refractivity contribution in [2.45, 2.75) is 13.1 Å². The van der Waals surface area contributed by atoms with Crippen molar-refractivity contribution in [1.29, 1.82) is 0 Å². The number of thioether (sulfide) groups is 1. The molecule has 1 aliphatic heterocycles. The van der Waals surface area contributed by atoms with Gasteiger partial charge in [0, 0.05) is 31.1 Å². The van der Waals surface area contributed by atoms with Crippen molar-refractivity contribution in [3.8, 4) is 0 Å². The Bertz CT molecular complexity index is 579. The van der Waals surface area contributed by atoms with E-state index in [0.29, 0.717) is 18.1 Å². The summed E-state index contributed by atoms with van der Waals surface area (Å²) in [5.74, 6) is 0.894. The molecule has 1 aliphatic rings. The second kappa shape index (κ2) is 6.34. The van der Waals surface area contributed by atoms with Crippen molar-refractivity contribution in [2.75, 3.05) is 17.2 Å². The standard InChI is InChI=1S/C14H13F3N2OS/c1-10(20)21-9-12-4-2-3-7-19(12)13-6-5-11(8-18-13)14(15,16)17/h2-6,8H,7,9H2,1H3. The van der Waals surface area contributed by atoms with Gasteiger partial charge in [-0.15, -0.1) is 0 Å². The minimum atomic E-state index is -4.39. The average Bonchev–Trinajstić information content (AvgIpc) is 2.44. The lowest BCUT2D eigenvalue weighted by atomic mass is 10.2. The second-order valence-electron chi connectivity index (χ2n) is 4.38. The molecule has 0 radical (unpaired) electrons. The molecule has 1 aromatic rings. The van der Waals surface area contributed by atoms with Crippen LogP contribution in [-0.4, -0.2) is 22.4 Å². The van der Waals surface area contributed by atoms with E-state index in [4.69, 9.17) is 0 Å². The molecule has 3 nitrogen and oxygen atoms in total. The van der Waals surface area contributed by atoms with Crippen LogP contribution in [0.2, 0.25) is 0 Å². The molecular weight excluding hydrogens is 301 g/mol. The van der Waals surface area contributed by atoms with Crippen LogP contribution < -0.4 is 4.90 Å². The van der Waals surface area contributed by atoms with Gasteiger partial charge in [0.15, 0.2) is 5.12 Å². The summed E-state index contributed by atoms with van der Waals surface area (Å²) < 4.78 is 37.6. The molecule has 0 atom stereocenters. The number of halogens is 3. The summed E-state index contributed by atoms with van der Waals surface area (Å²) in [5.41, 5.74) is 0.0624. The highest BCUT2D eigenvalue weighted by Gasteiger charge is 2.31. The largest absolute Gasteiger partial charge is 0.417 e. The van der Waals surface area contributed by atoms with Gasteiger partial charge in [-0.3, -0.25) is 4.79 Å².